The maximum atomic E-state index is 13.0. The smallest absolute Gasteiger partial charge is 0.338 e. The van der Waals surface area contributed by atoms with Gasteiger partial charge in [-0.15, -0.1) is 0 Å². The molecule has 1 heterocycles. The van der Waals surface area contributed by atoms with E-state index in [1.807, 2.05) is 0 Å². The van der Waals surface area contributed by atoms with Gasteiger partial charge in [-0.05, 0) is 55.7 Å². The molecule has 1 atom stereocenters. The molecule has 2 aromatic rings. The molecule has 1 amide bonds. The van der Waals surface area contributed by atoms with Crippen molar-refractivity contribution in [1.29, 1.82) is 0 Å². The Bertz CT molecular complexity index is 1050. The first kappa shape index (κ1) is 23.9. The summed E-state index contributed by atoms with van der Waals surface area (Å²) in [6, 6.07) is 11.3. The van der Waals surface area contributed by atoms with Crippen molar-refractivity contribution >= 4 is 21.9 Å². The van der Waals surface area contributed by atoms with Crippen LogP contribution in [-0.2, 0) is 26.1 Å². The molecule has 172 valence electrons. The highest BCUT2D eigenvalue weighted by atomic mass is 32.2. The number of carbonyl (C=O) groups excluding carboxylic acids is 2. The summed E-state index contributed by atoms with van der Waals surface area (Å²) >= 11 is 0. The van der Waals surface area contributed by atoms with E-state index in [0.717, 1.165) is 25.7 Å². The minimum absolute atomic E-state index is 0.0299. The van der Waals surface area contributed by atoms with Crippen molar-refractivity contribution in [3.8, 4) is 0 Å². The van der Waals surface area contributed by atoms with E-state index in [1.165, 1.54) is 47.6 Å². The van der Waals surface area contributed by atoms with Crippen LogP contribution in [0.15, 0.2) is 53.4 Å². The first-order valence-electron chi connectivity index (χ1n) is 10.6. The Hall–Kier alpha value is -2.78. The highest BCUT2D eigenvalue weighted by Crippen LogP contribution is 2.21. The minimum Gasteiger partial charge on any atom is -0.449 e. The van der Waals surface area contributed by atoms with Gasteiger partial charge in [0.25, 0.3) is 5.91 Å². The first-order valence-corrected chi connectivity index (χ1v) is 12.0. The Kier molecular flexibility index (Phi) is 7.98. The fraction of sp³-hybridized carbons (Fsp3) is 0.391. The number of nitrogens with one attached hydrogen (secondary N) is 1. The molecule has 0 radical (unpaired) electrons. The van der Waals surface area contributed by atoms with Gasteiger partial charge in [-0.1, -0.05) is 31.0 Å². The number of benzene rings is 2. The molecule has 3 rings (SSSR count). The zero-order valence-electron chi connectivity index (χ0n) is 17.9. The second-order valence-electron chi connectivity index (χ2n) is 7.74. The van der Waals surface area contributed by atoms with Crippen LogP contribution in [0.25, 0.3) is 0 Å². The first-order chi connectivity index (χ1) is 15.3. The number of halogens is 1. The lowest BCUT2D eigenvalue weighted by molar-refractivity contribution is -0.129. The fourth-order valence-corrected chi connectivity index (χ4v) is 5.00. The second kappa shape index (κ2) is 10.7. The SMILES string of the molecule is CC(OC(=O)c1cccc(S(=O)(=O)N2CCCCCC2)c1)C(=O)NCc1ccc(F)cc1. The predicted octanol–water partition coefficient (Wildman–Crippen LogP) is 3.25. The number of hydrogen-bond donors (Lipinski definition) is 1. The van der Waals surface area contributed by atoms with Gasteiger partial charge >= 0.3 is 5.97 Å². The Labute approximate surface area is 187 Å². The lowest BCUT2D eigenvalue weighted by Gasteiger charge is -2.20. The van der Waals surface area contributed by atoms with Crippen molar-refractivity contribution in [2.24, 2.45) is 0 Å². The van der Waals surface area contributed by atoms with Gasteiger partial charge in [-0.25, -0.2) is 17.6 Å². The third kappa shape index (κ3) is 6.14. The third-order valence-electron chi connectivity index (χ3n) is 5.31. The quantitative estimate of drug-likeness (QED) is 0.638. The van der Waals surface area contributed by atoms with E-state index in [2.05, 4.69) is 5.32 Å². The molecule has 1 saturated heterocycles. The minimum atomic E-state index is -3.71. The molecular weight excluding hydrogens is 435 g/mol. The van der Waals surface area contributed by atoms with Crippen molar-refractivity contribution in [3.05, 3.63) is 65.5 Å². The topological polar surface area (TPSA) is 92.8 Å². The molecule has 1 fully saturated rings. The van der Waals surface area contributed by atoms with E-state index in [4.69, 9.17) is 4.74 Å². The van der Waals surface area contributed by atoms with E-state index in [-0.39, 0.29) is 22.8 Å². The second-order valence-corrected chi connectivity index (χ2v) is 9.68. The standard InChI is InChI=1S/C23H27FN2O5S/c1-17(22(27)25-16-18-9-11-20(24)12-10-18)31-23(28)19-7-6-8-21(15-19)32(29,30)26-13-4-2-3-5-14-26/h6-12,15,17H,2-5,13-14,16H2,1H3,(H,25,27). The molecule has 9 heteroatoms. The molecule has 1 unspecified atom stereocenters. The predicted molar refractivity (Wildman–Crippen MR) is 117 cm³/mol. The third-order valence-corrected chi connectivity index (χ3v) is 7.20. The number of rotatable bonds is 7. The van der Waals surface area contributed by atoms with E-state index < -0.39 is 28.0 Å². The number of esters is 1. The monoisotopic (exact) mass is 462 g/mol. The zero-order chi connectivity index (χ0) is 23.1. The van der Waals surface area contributed by atoms with Gasteiger partial charge in [0.15, 0.2) is 6.10 Å². The van der Waals surface area contributed by atoms with Gasteiger partial charge in [0, 0.05) is 19.6 Å². The van der Waals surface area contributed by atoms with Crippen molar-refractivity contribution in [2.75, 3.05) is 13.1 Å². The Morgan fingerprint density at radius 1 is 1.06 bits per heavy atom. The van der Waals surface area contributed by atoms with Gasteiger partial charge in [0.2, 0.25) is 10.0 Å². The summed E-state index contributed by atoms with van der Waals surface area (Å²) in [5, 5.41) is 2.62. The van der Waals surface area contributed by atoms with Gasteiger partial charge in [-0.2, -0.15) is 4.31 Å². The highest BCUT2D eigenvalue weighted by Gasteiger charge is 2.26. The van der Waals surface area contributed by atoms with Crippen LogP contribution in [0.2, 0.25) is 0 Å². The fourth-order valence-electron chi connectivity index (χ4n) is 3.43. The van der Waals surface area contributed by atoms with Crippen molar-refractivity contribution < 1.29 is 27.1 Å². The maximum absolute atomic E-state index is 13.0. The summed E-state index contributed by atoms with van der Waals surface area (Å²) in [5.41, 5.74) is 0.753. The molecule has 2 aromatic carbocycles. The van der Waals surface area contributed by atoms with Gasteiger partial charge in [0.05, 0.1) is 10.5 Å². The summed E-state index contributed by atoms with van der Waals surface area (Å²) in [7, 11) is -3.71. The molecule has 7 nitrogen and oxygen atoms in total. The van der Waals surface area contributed by atoms with E-state index >= 15 is 0 Å². The van der Waals surface area contributed by atoms with Gasteiger partial charge in [-0.3, -0.25) is 4.79 Å². The van der Waals surface area contributed by atoms with Gasteiger partial charge in [0.1, 0.15) is 5.82 Å². The van der Waals surface area contributed by atoms with Crippen LogP contribution < -0.4 is 5.32 Å². The van der Waals surface area contributed by atoms with Crippen molar-refractivity contribution in [1.82, 2.24) is 9.62 Å². The number of ether oxygens (including phenoxy) is 1. The summed E-state index contributed by atoms with van der Waals surface area (Å²) in [4.78, 5) is 24.8. The maximum Gasteiger partial charge on any atom is 0.338 e. The Morgan fingerprint density at radius 2 is 1.72 bits per heavy atom. The van der Waals surface area contributed by atoms with E-state index in [1.54, 1.807) is 12.1 Å². The lowest BCUT2D eigenvalue weighted by atomic mass is 10.2. The molecule has 1 aliphatic heterocycles. The number of carbonyl (C=O) groups is 2. The molecule has 32 heavy (non-hydrogen) atoms. The van der Waals surface area contributed by atoms with E-state index in [9.17, 15) is 22.4 Å². The summed E-state index contributed by atoms with van der Waals surface area (Å²) in [6.45, 7) is 2.50. The average molecular weight is 463 g/mol. The molecule has 0 bridgehead atoms. The highest BCUT2D eigenvalue weighted by molar-refractivity contribution is 7.89. The van der Waals surface area contributed by atoms with Crippen LogP contribution in [-0.4, -0.2) is 43.8 Å². The Balaban J connectivity index is 1.62. The number of sulfonamides is 1. The lowest BCUT2D eigenvalue weighted by Crippen LogP contribution is -2.35. The van der Waals surface area contributed by atoms with Gasteiger partial charge < -0.3 is 10.1 Å². The molecule has 0 aromatic heterocycles. The zero-order valence-corrected chi connectivity index (χ0v) is 18.7. The van der Waals surface area contributed by atoms with Crippen LogP contribution in [0.1, 0.15) is 48.5 Å². The summed E-state index contributed by atoms with van der Waals surface area (Å²) < 4.78 is 45.6. The number of amides is 1. The summed E-state index contributed by atoms with van der Waals surface area (Å²) in [6.07, 6.45) is 2.53. The van der Waals surface area contributed by atoms with Crippen LogP contribution in [0.3, 0.4) is 0 Å². The number of nitrogens with zero attached hydrogens (tertiary/aromatic N) is 1. The normalized spacial score (nSPS) is 16.1. The van der Waals surface area contributed by atoms with E-state index in [0.29, 0.717) is 18.7 Å². The molecule has 0 saturated carbocycles. The molecule has 0 spiro atoms. The van der Waals surface area contributed by atoms with Crippen molar-refractivity contribution in [2.45, 2.75) is 50.2 Å². The van der Waals surface area contributed by atoms with Crippen molar-refractivity contribution in [3.63, 3.8) is 0 Å². The molecular formula is C23H27FN2O5S. The molecule has 0 aliphatic carbocycles. The molecule has 1 aliphatic rings. The van der Waals surface area contributed by atoms with Crippen LogP contribution in [0.4, 0.5) is 4.39 Å². The summed E-state index contributed by atoms with van der Waals surface area (Å²) in [5.74, 6) is -1.68. The number of hydrogen-bond acceptors (Lipinski definition) is 5. The molecule has 1 N–H and O–H groups in total. The van der Waals surface area contributed by atoms with Crippen LogP contribution >= 0.6 is 0 Å². The van der Waals surface area contributed by atoms with Crippen LogP contribution in [0, 0.1) is 5.82 Å². The Morgan fingerprint density at radius 3 is 2.38 bits per heavy atom. The average Bonchev–Trinajstić information content (AvgIpc) is 3.09. The van der Waals surface area contributed by atoms with Crippen LogP contribution in [0.5, 0.6) is 0 Å². The largest absolute Gasteiger partial charge is 0.449 e.